The highest BCUT2D eigenvalue weighted by molar-refractivity contribution is 5.82. The van der Waals surface area contributed by atoms with Crippen LogP contribution in [-0.2, 0) is 14.3 Å². The largest absolute Gasteiger partial charge is 0.392 e. The highest BCUT2D eigenvalue weighted by atomic mass is 19.4. The van der Waals surface area contributed by atoms with E-state index in [2.05, 4.69) is 27.7 Å². The fourth-order valence-corrected chi connectivity index (χ4v) is 10.8. The van der Waals surface area contributed by atoms with Crippen LogP contribution in [0.5, 0.6) is 0 Å². The molecule has 0 bridgehead atoms. The summed E-state index contributed by atoms with van der Waals surface area (Å²) in [5.41, 5.74) is 6.69. The van der Waals surface area contributed by atoms with Gasteiger partial charge >= 0.3 is 6.18 Å². The second-order valence-electron chi connectivity index (χ2n) is 15.8. The molecule has 8 nitrogen and oxygen atoms in total. The lowest BCUT2D eigenvalue weighted by molar-refractivity contribution is -0.204. The highest BCUT2D eigenvalue weighted by Gasteiger charge is 2.58. The van der Waals surface area contributed by atoms with Gasteiger partial charge in [-0.2, -0.15) is 13.2 Å². The molecule has 7 fully saturated rings. The van der Waals surface area contributed by atoms with E-state index < -0.39 is 23.9 Å². The molecule has 4 heterocycles. The number of methoxy groups -OCH3 is 1. The van der Waals surface area contributed by atoms with Crippen molar-refractivity contribution >= 4 is 5.91 Å². The fraction of sp³-hybridized carbons (Fsp3) is 0.970. The Morgan fingerprint density at radius 2 is 1.86 bits per heavy atom. The number of halogens is 3. The van der Waals surface area contributed by atoms with Crippen molar-refractivity contribution in [3.63, 3.8) is 0 Å². The Labute approximate surface area is 261 Å². The minimum atomic E-state index is -4.27. The average Bonchev–Trinajstić information content (AvgIpc) is 3.55. The van der Waals surface area contributed by atoms with Crippen LogP contribution in [0.25, 0.3) is 0 Å². The molecule has 10 atom stereocenters. The number of carbonyl (C=O) groups excluding carboxylic acids is 1. The summed E-state index contributed by atoms with van der Waals surface area (Å²) in [7, 11) is 3.90. The number of nitrogens with one attached hydrogen (secondary N) is 2. The summed E-state index contributed by atoms with van der Waals surface area (Å²) >= 11 is 0. The van der Waals surface area contributed by atoms with Crippen molar-refractivity contribution in [1.82, 2.24) is 25.6 Å². The minimum Gasteiger partial charge on any atom is -0.381 e. The Balaban J connectivity index is 1.01. The lowest BCUT2D eigenvalue weighted by Crippen LogP contribution is -2.56. The van der Waals surface area contributed by atoms with Crippen molar-refractivity contribution in [3.8, 4) is 0 Å². The molecule has 1 amide bonds. The van der Waals surface area contributed by atoms with Crippen LogP contribution < -0.4 is 10.9 Å². The first-order valence-corrected chi connectivity index (χ1v) is 17.5. The van der Waals surface area contributed by atoms with Gasteiger partial charge in [-0.15, -0.1) is 0 Å². The van der Waals surface area contributed by atoms with E-state index in [1.807, 2.05) is 4.90 Å². The van der Waals surface area contributed by atoms with Gasteiger partial charge in [0.25, 0.3) is 0 Å². The van der Waals surface area contributed by atoms with Gasteiger partial charge in [0.1, 0.15) is 0 Å². The second kappa shape index (κ2) is 12.6. The van der Waals surface area contributed by atoms with Gasteiger partial charge in [-0.3, -0.25) is 9.69 Å². The zero-order chi connectivity index (χ0) is 30.6. The molecule has 4 saturated heterocycles. The average molecular weight is 626 g/mol. The number of nitrogens with zero attached hydrogens (tertiary/aromatic N) is 3. The number of amides is 1. The molecule has 0 aromatic heterocycles. The van der Waals surface area contributed by atoms with Gasteiger partial charge in [0.15, 0.2) is 0 Å². The molecule has 4 aliphatic heterocycles. The van der Waals surface area contributed by atoms with Crippen molar-refractivity contribution in [1.29, 1.82) is 0 Å². The molecule has 7 rings (SSSR count). The van der Waals surface area contributed by atoms with Crippen LogP contribution in [0.1, 0.15) is 70.6 Å². The molecule has 2 N–H and O–H groups in total. The predicted molar refractivity (Wildman–Crippen MR) is 160 cm³/mol. The first-order valence-electron chi connectivity index (χ1n) is 17.5. The lowest BCUT2D eigenvalue weighted by Gasteiger charge is -2.52. The maximum absolute atomic E-state index is 14.6. The minimum absolute atomic E-state index is 0.00817. The Kier molecular flexibility index (Phi) is 9.03. The highest BCUT2D eigenvalue weighted by Crippen LogP contribution is 2.53. The number of rotatable bonds is 7. The molecular weight excluding hydrogens is 571 g/mol. The quantitative estimate of drug-likeness (QED) is 0.442. The Hall–Kier alpha value is -0.980. The summed E-state index contributed by atoms with van der Waals surface area (Å²) in [5.74, 6) is -0.828. The monoisotopic (exact) mass is 625 g/mol. The van der Waals surface area contributed by atoms with Crippen molar-refractivity contribution in [2.75, 3.05) is 60.2 Å². The van der Waals surface area contributed by atoms with Gasteiger partial charge in [0, 0.05) is 44.1 Å². The van der Waals surface area contributed by atoms with Crippen LogP contribution in [0.3, 0.4) is 0 Å². The van der Waals surface area contributed by atoms with Crippen molar-refractivity contribution in [2.45, 2.75) is 95.1 Å². The Morgan fingerprint density at radius 3 is 2.57 bits per heavy atom. The molecule has 0 spiro atoms. The van der Waals surface area contributed by atoms with E-state index in [9.17, 15) is 18.0 Å². The number of hydrogen-bond donors (Lipinski definition) is 2. The maximum Gasteiger partial charge on any atom is 0.392 e. The normalized spacial score (nSPS) is 43.5. The SMILES string of the molecule is COC1CCC2CCN(CC3CC4C(=O)N(C5CCCC(C6(CC7NNCN7C)COC6)C5)CC4C(C(F)(F)F)C3)CC2C1. The summed E-state index contributed by atoms with van der Waals surface area (Å²) in [6.45, 7) is 5.17. The van der Waals surface area contributed by atoms with Gasteiger partial charge < -0.3 is 19.3 Å². The standard InChI is InChI=1S/C33H54F3N5O3/c1-39-20-37-38-30(39)14-32(18-44-19-32)24-4-3-5-25(13-24)41-17-28-27(31(41)42)10-21(11-29(28)33(34,35)36)15-40-9-8-22-6-7-26(43-2)12-23(22)16-40/h21-30,37-38H,3-20H2,1-2H3. The van der Waals surface area contributed by atoms with E-state index in [4.69, 9.17) is 9.47 Å². The van der Waals surface area contributed by atoms with Crippen molar-refractivity contribution in [2.24, 2.45) is 46.8 Å². The van der Waals surface area contributed by atoms with Crippen LogP contribution in [0.4, 0.5) is 13.2 Å². The summed E-state index contributed by atoms with van der Waals surface area (Å²) < 4.78 is 55.4. The first kappa shape index (κ1) is 31.6. The molecule has 3 aliphatic carbocycles. The molecule has 10 unspecified atom stereocenters. The molecule has 7 aliphatic rings. The topological polar surface area (TPSA) is 69.3 Å². The third-order valence-corrected chi connectivity index (χ3v) is 13.3. The van der Waals surface area contributed by atoms with E-state index in [0.29, 0.717) is 30.9 Å². The van der Waals surface area contributed by atoms with Crippen LogP contribution in [0.15, 0.2) is 0 Å². The first-order chi connectivity index (χ1) is 21.1. The van der Waals surface area contributed by atoms with E-state index in [0.717, 1.165) is 90.3 Å². The van der Waals surface area contributed by atoms with Crippen LogP contribution >= 0.6 is 0 Å². The molecular formula is C33H54F3N5O3. The molecule has 0 aromatic carbocycles. The molecule has 11 heteroatoms. The molecule has 0 aromatic rings. The van der Waals surface area contributed by atoms with Crippen molar-refractivity contribution in [3.05, 3.63) is 0 Å². The molecule has 0 radical (unpaired) electrons. The zero-order valence-electron chi connectivity index (χ0n) is 26.7. The summed E-state index contributed by atoms with van der Waals surface area (Å²) in [4.78, 5) is 20.7. The predicted octanol–water partition coefficient (Wildman–Crippen LogP) is 4.08. The van der Waals surface area contributed by atoms with Gasteiger partial charge in [-0.1, -0.05) is 6.42 Å². The number of carbonyl (C=O) groups is 1. The summed E-state index contributed by atoms with van der Waals surface area (Å²) in [6, 6.07) is 0.0445. The number of fused-ring (bicyclic) bond motifs is 2. The number of likely N-dealkylation sites (tertiary alicyclic amines) is 2. The van der Waals surface area contributed by atoms with E-state index in [1.165, 1.54) is 6.42 Å². The zero-order valence-corrected chi connectivity index (χ0v) is 26.7. The maximum atomic E-state index is 14.6. The van der Waals surface area contributed by atoms with E-state index in [1.54, 1.807) is 7.11 Å². The number of piperidine rings is 1. The Bertz CT molecular complexity index is 1030. The molecule has 3 saturated carbocycles. The summed E-state index contributed by atoms with van der Waals surface area (Å²) in [5, 5.41) is 0. The third-order valence-electron chi connectivity index (χ3n) is 13.3. The smallest absolute Gasteiger partial charge is 0.381 e. The fourth-order valence-electron chi connectivity index (χ4n) is 10.8. The van der Waals surface area contributed by atoms with Crippen molar-refractivity contribution < 1.29 is 27.4 Å². The van der Waals surface area contributed by atoms with Gasteiger partial charge in [0.2, 0.25) is 5.91 Å². The van der Waals surface area contributed by atoms with Crippen LogP contribution in [0, 0.1) is 46.8 Å². The number of alkyl halides is 3. The van der Waals surface area contributed by atoms with Crippen LogP contribution in [-0.4, -0.2) is 105 Å². The van der Waals surface area contributed by atoms with Gasteiger partial charge in [-0.25, -0.2) is 10.9 Å². The van der Waals surface area contributed by atoms with Gasteiger partial charge in [-0.05, 0) is 107 Å². The third kappa shape index (κ3) is 6.07. The van der Waals surface area contributed by atoms with Gasteiger partial charge in [0.05, 0.1) is 38.1 Å². The second-order valence-corrected chi connectivity index (χ2v) is 15.8. The molecule has 44 heavy (non-hydrogen) atoms. The number of hydrogen-bond acceptors (Lipinski definition) is 7. The number of hydrazine groups is 1. The Morgan fingerprint density at radius 1 is 1.02 bits per heavy atom. The lowest BCUT2D eigenvalue weighted by atomic mass is 9.64. The summed E-state index contributed by atoms with van der Waals surface area (Å²) in [6.07, 6.45) is 6.48. The van der Waals surface area contributed by atoms with Crippen LogP contribution in [0.2, 0.25) is 0 Å². The molecule has 250 valence electrons. The van der Waals surface area contributed by atoms with E-state index in [-0.39, 0.29) is 42.4 Å². The van der Waals surface area contributed by atoms with E-state index >= 15 is 0 Å². The number of ether oxygens (including phenoxy) is 2.